The van der Waals surface area contributed by atoms with Crippen LogP contribution in [0.1, 0.15) is 17.3 Å². The summed E-state index contributed by atoms with van der Waals surface area (Å²) in [7, 11) is 1.71. The van der Waals surface area contributed by atoms with Crippen LogP contribution in [-0.2, 0) is 19.4 Å². The fourth-order valence-corrected chi connectivity index (χ4v) is 2.61. The normalized spacial score (nSPS) is 10.6. The summed E-state index contributed by atoms with van der Waals surface area (Å²) < 4.78 is 24.0. The van der Waals surface area contributed by atoms with E-state index in [4.69, 9.17) is 9.26 Å². The van der Waals surface area contributed by atoms with Gasteiger partial charge in [0.1, 0.15) is 0 Å². The Hall–Kier alpha value is -3.42. The Morgan fingerprint density at radius 1 is 1.14 bits per heavy atom. The van der Waals surface area contributed by atoms with Gasteiger partial charge in [-0.2, -0.15) is 4.98 Å². The van der Waals surface area contributed by atoms with Gasteiger partial charge >= 0.3 is 6.03 Å². The standard InChI is InChI=1S/C21H23FN4O3/c1-26(21(27)23-13-11-16-7-3-2-4-8-16)14-12-19-24-20(29-25-19)15-28-18-10-6-5-9-17(18)22/h2-10H,11-15H2,1H3,(H,23,27). The van der Waals surface area contributed by atoms with Gasteiger partial charge in [-0.25, -0.2) is 9.18 Å². The first-order valence-corrected chi connectivity index (χ1v) is 9.33. The minimum atomic E-state index is -0.452. The van der Waals surface area contributed by atoms with Gasteiger partial charge in [-0.15, -0.1) is 0 Å². The van der Waals surface area contributed by atoms with Crippen LogP contribution in [0.15, 0.2) is 59.1 Å². The SMILES string of the molecule is CN(CCc1noc(COc2ccccc2F)n1)C(=O)NCCc1ccccc1. The number of hydrogen-bond acceptors (Lipinski definition) is 5. The number of rotatable bonds is 9. The minimum Gasteiger partial charge on any atom is -0.481 e. The zero-order chi connectivity index (χ0) is 20.5. The van der Waals surface area contributed by atoms with E-state index >= 15 is 0 Å². The second kappa shape index (κ2) is 10.2. The first-order valence-electron chi connectivity index (χ1n) is 9.33. The van der Waals surface area contributed by atoms with Gasteiger partial charge in [-0.05, 0) is 24.1 Å². The molecule has 0 aliphatic heterocycles. The zero-order valence-electron chi connectivity index (χ0n) is 16.2. The molecule has 3 rings (SSSR count). The molecular weight excluding hydrogens is 375 g/mol. The van der Waals surface area contributed by atoms with Gasteiger partial charge in [0.15, 0.2) is 24.0 Å². The Morgan fingerprint density at radius 2 is 1.90 bits per heavy atom. The topological polar surface area (TPSA) is 80.5 Å². The number of para-hydroxylation sites is 1. The Morgan fingerprint density at radius 3 is 2.69 bits per heavy atom. The molecule has 0 unspecified atom stereocenters. The second-order valence-corrected chi connectivity index (χ2v) is 6.46. The molecule has 3 aromatic rings. The van der Waals surface area contributed by atoms with E-state index in [1.165, 1.54) is 17.7 Å². The van der Waals surface area contributed by atoms with Crippen LogP contribution in [0.25, 0.3) is 0 Å². The molecule has 1 aromatic heterocycles. The van der Waals surface area contributed by atoms with Crippen molar-refractivity contribution in [1.29, 1.82) is 0 Å². The van der Waals surface area contributed by atoms with E-state index in [0.29, 0.717) is 25.3 Å². The number of carbonyl (C=O) groups is 1. The van der Waals surface area contributed by atoms with Gasteiger partial charge in [0.2, 0.25) is 0 Å². The molecule has 1 N–H and O–H groups in total. The molecule has 152 valence electrons. The Labute approximate surface area is 168 Å². The summed E-state index contributed by atoms with van der Waals surface area (Å²) in [5.41, 5.74) is 1.17. The molecule has 8 heteroatoms. The van der Waals surface area contributed by atoms with Crippen molar-refractivity contribution in [2.24, 2.45) is 0 Å². The summed E-state index contributed by atoms with van der Waals surface area (Å²) in [5, 5.41) is 6.75. The van der Waals surface area contributed by atoms with E-state index in [-0.39, 0.29) is 24.3 Å². The largest absolute Gasteiger partial charge is 0.481 e. The third kappa shape index (κ3) is 6.31. The predicted molar refractivity (Wildman–Crippen MR) is 105 cm³/mol. The highest BCUT2D eigenvalue weighted by Gasteiger charge is 2.12. The van der Waals surface area contributed by atoms with Gasteiger partial charge in [0.05, 0.1) is 0 Å². The van der Waals surface area contributed by atoms with Crippen LogP contribution >= 0.6 is 0 Å². The van der Waals surface area contributed by atoms with Crippen LogP contribution in [0, 0.1) is 5.82 Å². The van der Waals surface area contributed by atoms with Crippen molar-refractivity contribution in [3.8, 4) is 5.75 Å². The van der Waals surface area contributed by atoms with E-state index in [1.54, 1.807) is 24.1 Å². The number of nitrogens with zero attached hydrogens (tertiary/aromatic N) is 3. The number of likely N-dealkylation sites (N-methyl/N-ethyl adjacent to an activating group) is 1. The number of benzene rings is 2. The highest BCUT2D eigenvalue weighted by atomic mass is 19.1. The van der Waals surface area contributed by atoms with Crippen LogP contribution in [-0.4, -0.2) is 41.2 Å². The summed E-state index contributed by atoms with van der Waals surface area (Å²) in [5.74, 6) is 0.380. The second-order valence-electron chi connectivity index (χ2n) is 6.46. The number of halogens is 1. The van der Waals surface area contributed by atoms with E-state index in [0.717, 1.165) is 6.42 Å². The fourth-order valence-electron chi connectivity index (χ4n) is 2.61. The van der Waals surface area contributed by atoms with E-state index in [1.807, 2.05) is 30.3 Å². The number of hydrogen-bond donors (Lipinski definition) is 1. The fraction of sp³-hybridized carbons (Fsp3) is 0.286. The molecule has 1 heterocycles. The number of urea groups is 1. The van der Waals surface area contributed by atoms with Gasteiger partial charge in [0, 0.05) is 26.6 Å². The smallest absolute Gasteiger partial charge is 0.317 e. The molecule has 29 heavy (non-hydrogen) atoms. The van der Waals surface area contributed by atoms with Crippen LogP contribution in [0.5, 0.6) is 5.75 Å². The number of carbonyl (C=O) groups excluding carboxylic acids is 1. The lowest BCUT2D eigenvalue weighted by atomic mass is 10.1. The molecule has 0 spiro atoms. The quantitative estimate of drug-likeness (QED) is 0.599. The van der Waals surface area contributed by atoms with Gasteiger partial charge < -0.3 is 19.5 Å². The van der Waals surface area contributed by atoms with Crippen molar-refractivity contribution < 1.29 is 18.4 Å². The third-order valence-electron chi connectivity index (χ3n) is 4.25. The maximum Gasteiger partial charge on any atom is 0.317 e. The summed E-state index contributed by atoms with van der Waals surface area (Å²) in [4.78, 5) is 17.9. The lowest BCUT2D eigenvalue weighted by Gasteiger charge is -2.17. The van der Waals surface area contributed by atoms with Crippen molar-refractivity contribution in [2.75, 3.05) is 20.1 Å². The molecule has 0 radical (unpaired) electrons. The van der Waals surface area contributed by atoms with Crippen LogP contribution in [0.2, 0.25) is 0 Å². The minimum absolute atomic E-state index is 0.0241. The van der Waals surface area contributed by atoms with Crippen LogP contribution in [0.4, 0.5) is 9.18 Å². The molecule has 2 aromatic carbocycles. The molecule has 0 aliphatic rings. The molecule has 0 saturated heterocycles. The van der Waals surface area contributed by atoms with Crippen molar-refractivity contribution in [3.05, 3.63) is 77.7 Å². The summed E-state index contributed by atoms with van der Waals surface area (Å²) >= 11 is 0. The lowest BCUT2D eigenvalue weighted by molar-refractivity contribution is 0.209. The first-order chi connectivity index (χ1) is 14.1. The molecule has 0 atom stereocenters. The van der Waals surface area contributed by atoms with Crippen LogP contribution in [0.3, 0.4) is 0 Å². The third-order valence-corrected chi connectivity index (χ3v) is 4.25. The van der Waals surface area contributed by atoms with Crippen molar-refractivity contribution in [2.45, 2.75) is 19.4 Å². The Kier molecular flexibility index (Phi) is 7.16. The highest BCUT2D eigenvalue weighted by Crippen LogP contribution is 2.16. The number of nitrogens with one attached hydrogen (secondary N) is 1. The van der Waals surface area contributed by atoms with Crippen molar-refractivity contribution in [1.82, 2.24) is 20.4 Å². The Balaban J connectivity index is 1.38. The summed E-state index contributed by atoms with van der Waals surface area (Å²) in [6, 6.07) is 15.9. The summed E-state index contributed by atoms with van der Waals surface area (Å²) in [6.45, 7) is 0.973. The van der Waals surface area contributed by atoms with Gasteiger partial charge in [0.25, 0.3) is 5.89 Å². The molecule has 2 amide bonds. The highest BCUT2D eigenvalue weighted by molar-refractivity contribution is 5.73. The average Bonchev–Trinajstić information content (AvgIpc) is 3.20. The molecule has 7 nitrogen and oxygen atoms in total. The van der Waals surface area contributed by atoms with Gasteiger partial charge in [-0.1, -0.05) is 47.6 Å². The van der Waals surface area contributed by atoms with E-state index in [9.17, 15) is 9.18 Å². The maximum atomic E-state index is 13.5. The van der Waals surface area contributed by atoms with E-state index in [2.05, 4.69) is 15.5 Å². The monoisotopic (exact) mass is 398 g/mol. The molecule has 0 aliphatic carbocycles. The van der Waals surface area contributed by atoms with Gasteiger partial charge in [-0.3, -0.25) is 0 Å². The number of ether oxygens (including phenoxy) is 1. The molecule has 0 bridgehead atoms. The zero-order valence-corrected chi connectivity index (χ0v) is 16.2. The predicted octanol–water partition coefficient (Wildman–Crippen LogP) is 3.21. The molecule has 0 fully saturated rings. The van der Waals surface area contributed by atoms with Crippen molar-refractivity contribution >= 4 is 6.03 Å². The number of amides is 2. The lowest BCUT2D eigenvalue weighted by Crippen LogP contribution is -2.39. The summed E-state index contributed by atoms with van der Waals surface area (Å²) in [6.07, 6.45) is 1.21. The molecule has 0 saturated carbocycles. The van der Waals surface area contributed by atoms with Crippen molar-refractivity contribution in [3.63, 3.8) is 0 Å². The number of aromatic nitrogens is 2. The van der Waals surface area contributed by atoms with Crippen LogP contribution < -0.4 is 10.1 Å². The average molecular weight is 398 g/mol. The maximum absolute atomic E-state index is 13.5. The van der Waals surface area contributed by atoms with E-state index < -0.39 is 5.82 Å². The molecular formula is C21H23FN4O3. The Bertz CT molecular complexity index is 917. The first kappa shape index (κ1) is 20.3.